The molecule has 0 aliphatic carbocycles. The first-order valence-corrected chi connectivity index (χ1v) is 4.18. The number of hydrogen-bond donors (Lipinski definition) is 0. The van der Waals surface area contributed by atoms with E-state index in [-0.39, 0.29) is 0 Å². The van der Waals surface area contributed by atoms with E-state index in [1.807, 2.05) is 18.2 Å². The van der Waals surface area contributed by atoms with Gasteiger partial charge in [-0.1, -0.05) is 6.07 Å². The summed E-state index contributed by atoms with van der Waals surface area (Å²) in [5, 5.41) is 0. The van der Waals surface area contributed by atoms with Crippen LogP contribution < -0.4 is 4.74 Å². The van der Waals surface area contributed by atoms with E-state index < -0.39 is 0 Å². The van der Waals surface area contributed by atoms with Crippen LogP contribution in [0.4, 0.5) is 0 Å². The number of carbonyl (C=O) groups is 1. The van der Waals surface area contributed by atoms with Crippen molar-refractivity contribution < 1.29 is 9.53 Å². The zero-order valence-corrected chi connectivity index (χ0v) is 7.49. The zero-order chi connectivity index (χ0) is 9.26. The smallest absolute Gasteiger partial charge is 0.210 e. The number of nitrogens with zero attached hydrogens (tertiary/aromatic N) is 1. The van der Waals surface area contributed by atoms with Crippen LogP contribution in [-0.4, -0.2) is 18.4 Å². The number of amides is 1. The van der Waals surface area contributed by atoms with Crippen LogP contribution in [-0.2, 0) is 17.9 Å². The van der Waals surface area contributed by atoms with Crippen LogP contribution in [0.25, 0.3) is 0 Å². The van der Waals surface area contributed by atoms with E-state index in [0.717, 1.165) is 18.7 Å². The third kappa shape index (κ3) is 1.37. The summed E-state index contributed by atoms with van der Waals surface area (Å²) in [4.78, 5) is 12.3. The van der Waals surface area contributed by atoms with Crippen LogP contribution in [0.1, 0.15) is 11.1 Å². The summed E-state index contributed by atoms with van der Waals surface area (Å²) >= 11 is 0. The molecule has 1 aromatic rings. The summed E-state index contributed by atoms with van der Waals surface area (Å²) in [5.41, 5.74) is 2.40. The molecule has 2 rings (SSSR count). The van der Waals surface area contributed by atoms with Gasteiger partial charge in [0.25, 0.3) is 0 Å². The van der Waals surface area contributed by atoms with Crippen LogP contribution in [0, 0.1) is 0 Å². The van der Waals surface area contributed by atoms with Crippen LogP contribution in [0.3, 0.4) is 0 Å². The molecule has 1 aliphatic heterocycles. The average molecular weight is 177 g/mol. The molecular weight excluding hydrogens is 166 g/mol. The highest BCUT2D eigenvalue weighted by Crippen LogP contribution is 2.25. The van der Waals surface area contributed by atoms with Gasteiger partial charge in [0.05, 0.1) is 7.11 Å². The fourth-order valence-electron chi connectivity index (χ4n) is 1.60. The molecule has 0 fully saturated rings. The van der Waals surface area contributed by atoms with Gasteiger partial charge in [-0.2, -0.15) is 0 Å². The van der Waals surface area contributed by atoms with Crippen molar-refractivity contribution in [3.63, 3.8) is 0 Å². The standard InChI is InChI=1S/C10H11NO2/c1-13-10-3-2-8-5-11(7-12)6-9(8)4-10/h2-4,7H,5-6H2,1H3. The van der Waals surface area contributed by atoms with Crippen molar-refractivity contribution in [1.82, 2.24) is 4.90 Å². The maximum absolute atomic E-state index is 10.5. The minimum Gasteiger partial charge on any atom is -0.497 e. The summed E-state index contributed by atoms with van der Waals surface area (Å²) < 4.78 is 5.10. The van der Waals surface area contributed by atoms with Crippen LogP contribution in [0.15, 0.2) is 18.2 Å². The lowest BCUT2D eigenvalue weighted by atomic mass is 10.1. The molecule has 68 valence electrons. The third-order valence-electron chi connectivity index (χ3n) is 2.31. The third-order valence-corrected chi connectivity index (χ3v) is 2.31. The predicted molar refractivity (Wildman–Crippen MR) is 48.3 cm³/mol. The summed E-state index contributed by atoms with van der Waals surface area (Å²) in [5.74, 6) is 0.853. The second-order valence-corrected chi connectivity index (χ2v) is 3.15. The molecule has 0 unspecified atom stereocenters. The maximum Gasteiger partial charge on any atom is 0.210 e. The largest absolute Gasteiger partial charge is 0.497 e. The normalized spacial score (nSPS) is 14.1. The van der Waals surface area contributed by atoms with Crippen molar-refractivity contribution in [3.05, 3.63) is 29.3 Å². The Hall–Kier alpha value is -1.51. The van der Waals surface area contributed by atoms with Crippen LogP contribution in [0.5, 0.6) is 5.75 Å². The van der Waals surface area contributed by atoms with Crippen molar-refractivity contribution >= 4 is 6.41 Å². The second kappa shape index (κ2) is 3.09. The van der Waals surface area contributed by atoms with E-state index in [2.05, 4.69) is 0 Å². The monoisotopic (exact) mass is 177 g/mol. The zero-order valence-electron chi connectivity index (χ0n) is 7.49. The van der Waals surface area contributed by atoms with Crippen molar-refractivity contribution in [1.29, 1.82) is 0 Å². The number of hydrogen-bond acceptors (Lipinski definition) is 2. The Balaban J connectivity index is 2.30. The fraction of sp³-hybridized carbons (Fsp3) is 0.300. The Labute approximate surface area is 76.9 Å². The maximum atomic E-state index is 10.5. The molecule has 0 saturated heterocycles. The molecule has 1 amide bonds. The first kappa shape index (κ1) is 8.10. The Bertz CT molecular complexity index is 336. The van der Waals surface area contributed by atoms with Gasteiger partial charge >= 0.3 is 0 Å². The van der Waals surface area contributed by atoms with E-state index >= 15 is 0 Å². The Morgan fingerprint density at radius 3 is 2.85 bits per heavy atom. The van der Waals surface area contributed by atoms with Gasteiger partial charge in [-0.3, -0.25) is 4.79 Å². The van der Waals surface area contributed by atoms with E-state index in [9.17, 15) is 4.79 Å². The van der Waals surface area contributed by atoms with Crippen molar-refractivity contribution in [2.24, 2.45) is 0 Å². The van der Waals surface area contributed by atoms with Gasteiger partial charge in [0.15, 0.2) is 0 Å². The second-order valence-electron chi connectivity index (χ2n) is 3.15. The Morgan fingerprint density at radius 1 is 1.38 bits per heavy atom. The molecule has 0 N–H and O–H groups in total. The first-order chi connectivity index (χ1) is 6.33. The molecular formula is C10H11NO2. The Kier molecular flexibility index (Phi) is 1.93. The molecule has 0 atom stereocenters. The molecule has 3 heteroatoms. The van der Waals surface area contributed by atoms with E-state index in [0.29, 0.717) is 6.54 Å². The lowest BCUT2D eigenvalue weighted by Gasteiger charge is -2.04. The molecule has 0 spiro atoms. The number of fused-ring (bicyclic) bond motifs is 1. The number of carbonyl (C=O) groups excluding carboxylic acids is 1. The number of methoxy groups -OCH3 is 1. The van der Waals surface area contributed by atoms with Gasteiger partial charge in [0.2, 0.25) is 6.41 Å². The highest BCUT2D eigenvalue weighted by molar-refractivity contribution is 5.51. The highest BCUT2D eigenvalue weighted by Gasteiger charge is 2.17. The molecule has 1 aliphatic rings. The van der Waals surface area contributed by atoms with E-state index in [1.54, 1.807) is 12.0 Å². The molecule has 3 nitrogen and oxygen atoms in total. The topological polar surface area (TPSA) is 29.5 Å². The molecule has 1 aromatic carbocycles. The summed E-state index contributed by atoms with van der Waals surface area (Å²) in [7, 11) is 1.65. The van der Waals surface area contributed by atoms with Crippen molar-refractivity contribution in [2.45, 2.75) is 13.1 Å². The number of ether oxygens (including phenoxy) is 1. The van der Waals surface area contributed by atoms with E-state index in [4.69, 9.17) is 4.74 Å². The Morgan fingerprint density at radius 2 is 2.15 bits per heavy atom. The summed E-state index contributed by atoms with van der Waals surface area (Å²) in [6.45, 7) is 1.43. The number of rotatable bonds is 2. The first-order valence-electron chi connectivity index (χ1n) is 4.18. The minimum absolute atomic E-state index is 0.704. The summed E-state index contributed by atoms with van der Waals surface area (Å²) in [6.07, 6.45) is 0.881. The lowest BCUT2D eigenvalue weighted by Crippen LogP contribution is -2.12. The molecule has 0 saturated carbocycles. The highest BCUT2D eigenvalue weighted by atomic mass is 16.5. The van der Waals surface area contributed by atoms with Gasteiger partial charge in [-0.25, -0.2) is 0 Å². The van der Waals surface area contributed by atoms with Crippen LogP contribution in [0.2, 0.25) is 0 Å². The molecule has 1 heterocycles. The molecule has 0 radical (unpaired) electrons. The van der Waals surface area contributed by atoms with Crippen molar-refractivity contribution in [3.8, 4) is 5.75 Å². The predicted octanol–water partition coefficient (Wildman–Crippen LogP) is 1.17. The summed E-state index contributed by atoms with van der Waals surface area (Å²) in [6, 6.07) is 5.92. The minimum atomic E-state index is 0.704. The van der Waals surface area contributed by atoms with Gasteiger partial charge in [0.1, 0.15) is 5.75 Å². The van der Waals surface area contributed by atoms with Gasteiger partial charge in [-0.05, 0) is 23.3 Å². The molecule has 13 heavy (non-hydrogen) atoms. The fourth-order valence-corrected chi connectivity index (χ4v) is 1.60. The average Bonchev–Trinajstić information content (AvgIpc) is 2.58. The molecule has 0 aromatic heterocycles. The number of benzene rings is 1. The van der Waals surface area contributed by atoms with Gasteiger partial charge in [0, 0.05) is 13.1 Å². The van der Waals surface area contributed by atoms with Crippen LogP contribution >= 0.6 is 0 Å². The SMILES string of the molecule is COc1ccc2c(c1)CN(C=O)C2. The quantitative estimate of drug-likeness (QED) is 0.634. The van der Waals surface area contributed by atoms with Gasteiger partial charge < -0.3 is 9.64 Å². The lowest BCUT2D eigenvalue weighted by molar-refractivity contribution is -0.118. The van der Waals surface area contributed by atoms with Crippen molar-refractivity contribution in [2.75, 3.05) is 7.11 Å². The van der Waals surface area contributed by atoms with Gasteiger partial charge in [-0.15, -0.1) is 0 Å². The van der Waals surface area contributed by atoms with E-state index in [1.165, 1.54) is 11.1 Å². The molecule has 0 bridgehead atoms.